The van der Waals surface area contributed by atoms with Gasteiger partial charge in [-0.2, -0.15) is 10.1 Å². The fourth-order valence-corrected chi connectivity index (χ4v) is 3.66. The Morgan fingerprint density at radius 2 is 1.93 bits per heavy atom. The maximum atomic E-state index is 13.0. The Kier molecular flexibility index (Phi) is 7.27. The molecule has 1 aliphatic heterocycles. The Labute approximate surface area is 172 Å². The Hall–Kier alpha value is -2.83. The highest BCUT2D eigenvalue weighted by Gasteiger charge is 2.35. The average molecular weight is 399 g/mol. The molecule has 156 valence electrons. The third-order valence-electron chi connectivity index (χ3n) is 5.18. The lowest BCUT2D eigenvalue weighted by molar-refractivity contribution is -0.139. The molecule has 0 bridgehead atoms. The lowest BCUT2D eigenvalue weighted by Gasteiger charge is -2.29. The van der Waals surface area contributed by atoms with Gasteiger partial charge in [-0.3, -0.25) is 0 Å². The number of ether oxygens (including phenoxy) is 2. The van der Waals surface area contributed by atoms with Crippen molar-refractivity contribution >= 4 is 11.9 Å². The smallest absolute Gasteiger partial charge is 0.338 e. The van der Waals surface area contributed by atoms with Crippen molar-refractivity contribution in [3.05, 3.63) is 47.4 Å². The van der Waals surface area contributed by atoms with E-state index in [9.17, 15) is 4.79 Å². The summed E-state index contributed by atoms with van der Waals surface area (Å²) in [5, 5.41) is 7.50. The van der Waals surface area contributed by atoms with Gasteiger partial charge in [0.05, 0.1) is 19.3 Å². The molecule has 2 aromatic rings. The summed E-state index contributed by atoms with van der Waals surface area (Å²) in [6, 6.07) is 7.18. The number of aromatic nitrogens is 3. The van der Waals surface area contributed by atoms with Crippen LogP contribution in [0.3, 0.4) is 0 Å². The molecule has 0 saturated heterocycles. The molecule has 0 spiro atoms. The molecule has 2 heterocycles. The van der Waals surface area contributed by atoms with Crippen LogP contribution in [0.4, 0.5) is 5.95 Å². The molecule has 1 atom stereocenters. The second-order valence-electron chi connectivity index (χ2n) is 7.24. The minimum atomic E-state index is -0.457. The molecule has 0 radical (unpaired) electrons. The fraction of sp³-hybridized carbons (Fsp3) is 0.500. The average Bonchev–Trinajstić information content (AvgIpc) is 3.19. The van der Waals surface area contributed by atoms with Crippen molar-refractivity contribution < 1.29 is 14.3 Å². The molecule has 0 saturated carbocycles. The van der Waals surface area contributed by atoms with Gasteiger partial charge in [0, 0.05) is 11.3 Å². The first kappa shape index (κ1) is 20.9. The number of unbranched alkanes of at least 4 members (excludes halogenated alkanes) is 5. The van der Waals surface area contributed by atoms with Crippen LogP contribution in [0, 0.1) is 0 Å². The predicted molar refractivity (Wildman–Crippen MR) is 112 cm³/mol. The van der Waals surface area contributed by atoms with E-state index in [1.54, 1.807) is 11.8 Å². The topological polar surface area (TPSA) is 78.3 Å². The molecular formula is C22H30N4O3. The monoisotopic (exact) mass is 398 g/mol. The molecule has 3 rings (SSSR count). The number of hydrogen-bond donors (Lipinski definition) is 1. The van der Waals surface area contributed by atoms with Gasteiger partial charge in [-0.05, 0) is 19.4 Å². The van der Waals surface area contributed by atoms with Crippen LogP contribution < -0.4 is 10.1 Å². The van der Waals surface area contributed by atoms with Gasteiger partial charge >= 0.3 is 5.97 Å². The quantitative estimate of drug-likeness (QED) is 0.470. The summed E-state index contributed by atoms with van der Waals surface area (Å²) in [7, 11) is 1.62. The number of esters is 1. The first-order chi connectivity index (χ1) is 14.2. The summed E-state index contributed by atoms with van der Waals surface area (Å²) in [5.41, 5.74) is 2.09. The maximum Gasteiger partial charge on any atom is 0.338 e. The second kappa shape index (κ2) is 10.1. The molecular weight excluding hydrogens is 368 g/mol. The number of methoxy groups -OCH3 is 1. The van der Waals surface area contributed by atoms with E-state index in [1.807, 2.05) is 31.2 Å². The minimum Gasteiger partial charge on any atom is -0.496 e. The molecule has 1 N–H and O–H groups in total. The number of hydrogen-bond acceptors (Lipinski definition) is 6. The van der Waals surface area contributed by atoms with Crippen LogP contribution in [0.2, 0.25) is 0 Å². The van der Waals surface area contributed by atoms with E-state index in [-0.39, 0.29) is 5.97 Å². The van der Waals surface area contributed by atoms with Crippen LogP contribution in [0.1, 0.15) is 64.0 Å². The number of nitrogens with one attached hydrogen (secondary N) is 1. The molecule has 0 fully saturated rings. The van der Waals surface area contributed by atoms with Gasteiger partial charge in [0.1, 0.15) is 18.1 Å². The van der Waals surface area contributed by atoms with Crippen molar-refractivity contribution in [3.8, 4) is 5.75 Å². The van der Waals surface area contributed by atoms with Crippen LogP contribution in [0.25, 0.3) is 0 Å². The number of anilines is 1. The fourth-order valence-electron chi connectivity index (χ4n) is 3.66. The van der Waals surface area contributed by atoms with Crippen molar-refractivity contribution in [1.82, 2.24) is 14.8 Å². The molecule has 1 aliphatic rings. The summed E-state index contributed by atoms with van der Waals surface area (Å²) >= 11 is 0. The Balaban J connectivity index is 1.77. The third kappa shape index (κ3) is 4.78. The first-order valence-electron chi connectivity index (χ1n) is 10.3. The highest BCUT2D eigenvalue weighted by Crippen LogP contribution is 2.38. The predicted octanol–water partition coefficient (Wildman–Crippen LogP) is 4.48. The van der Waals surface area contributed by atoms with Crippen LogP contribution in [-0.4, -0.2) is 34.5 Å². The van der Waals surface area contributed by atoms with E-state index in [1.165, 1.54) is 32.0 Å². The number of para-hydroxylation sites is 1. The van der Waals surface area contributed by atoms with E-state index >= 15 is 0 Å². The molecule has 0 aliphatic carbocycles. The zero-order chi connectivity index (χ0) is 20.6. The van der Waals surface area contributed by atoms with Crippen molar-refractivity contribution in [2.24, 2.45) is 0 Å². The number of benzene rings is 1. The summed E-state index contributed by atoms with van der Waals surface area (Å²) in [6.07, 6.45) is 8.34. The summed E-state index contributed by atoms with van der Waals surface area (Å²) < 4.78 is 12.9. The largest absolute Gasteiger partial charge is 0.496 e. The summed E-state index contributed by atoms with van der Waals surface area (Å²) in [6.45, 7) is 4.49. The van der Waals surface area contributed by atoms with Gasteiger partial charge < -0.3 is 14.8 Å². The number of allylic oxidation sites excluding steroid dienone is 1. The minimum absolute atomic E-state index is 0.333. The second-order valence-corrected chi connectivity index (χ2v) is 7.24. The first-order valence-corrected chi connectivity index (χ1v) is 10.3. The standard InChI is InChI=1S/C22H30N4O3/c1-4-5-6-7-8-11-14-29-21(27)19-16(2)25-22-23-15-24-26(22)20(19)17-12-9-10-13-18(17)28-3/h9-10,12-13,15,20H,4-8,11,14H2,1-3H3,(H,23,24,25)/t20-/m0/s1. The van der Waals surface area contributed by atoms with Crippen molar-refractivity contribution in [3.63, 3.8) is 0 Å². The number of carbonyl (C=O) groups is 1. The summed E-state index contributed by atoms with van der Waals surface area (Å²) in [4.78, 5) is 17.3. The Morgan fingerprint density at radius 1 is 1.17 bits per heavy atom. The normalized spacial score (nSPS) is 15.6. The van der Waals surface area contributed by atoms with Crippen molar-refractivity contribution in [2.75, 3.05) is 19.0 Å². The maximum absolute atomic E-state index is 13.0. The molecule has 0 amide bonds. The number of nitrogens with zero attached hydrogens (tertiary/aromatic N) is 3. The highest BCUT2D eigenvalue weighted by molar-refractivity contribution is 5.92. The van der Waals surface area contributed by atoms with Crippen LogP contribution in [0.15, 0.2) is 41.9 Å². The van der Waals surface area contributed by atoms with Gasteiger partial charge in [-0.25, -0.2) is 9.48 Å². The van der Waals surface area contributed by atoms with Gasteiger partial charge in [0.2, 0.25) is 5.95 Å². The van der Waals surface area contributed by atoms with E-state index in [0.717, 1.165) is 18.4 Å². The van der Waals surface area contributed by atoms with Gasteiger partial charge in [-0.15, -0.1) is 0 Å². The van der Waals surface area contributed by atoms with E-state index in [0.29, 0.717) is 29.6 Å². The Morgan fingerprint density at radius 3 is 2.72 bits per heavy atom. The van der Waals surface area contributed by atoms with Crippen LogP contribution in [-0.2, 0) is 9.53 Å². The van der Waals surface area contributed by atoms with E-state index in [4.69, 9.17) is 9.47 Å². The van der Waals surface area contributed by atoms with Gasteiger partial charge in [0.15, 0.2) is 0 Å². The molecule has 7 heteroatoms. The highest BCUT2D eigenvalue weighted by atomic mass is 16.5. The molecule has 1 aromatic carbocycles. The third-order valence-corrected chi connectivity index (χ3v) is 5.18. The van der Waals surface area contributed by atoms with Crippen molar-refractivity contribution in [2.45, 2.75) is 58.4 Å². The number of carbonyl (C=O) groups excluding carboxylic acids is 1. The summed E-state index contributed by atoms with van der Waals surface area (Å²) in [5.74, 6) is 0.946. The van der Waals surface area contributed by atoms with Gasteiger partial charge in [-0.1, -0.05) is 57.2 Å². The number of fused-ring (bicyclic) bond motifs is 1. The van der Waals surface area contributed by atoms with Gasteiger partial charge in [0.25, 0.3) is 0 Å². The zero-order valence-electron chi connectivity index (χ0n) is 17.5. The number of rotatable bonds is 10. The van der Waals surface area contributed by atoms with E-state index in [2.05, 4.69) is 22.3 Å². The zero-order valence-corrected chi connectivity index (χ0v) is 17.5. The molecule has 29 heavy (non-hydrogen) atoms. The Bertz CT molecular complexity index is 859. The van der Waals surface area contributed by atoms with Crippen LogP contribution >= 0.6 is 0 Å². The lowest BCUT2D eigenvalue weighted by atomic mass is 9.95. The van der Waals surface area contributed by atoms with E-state index < -0.39 is 6.04 Å². The van der Waals surface area contributed by atoms with Crippen molar-refractivity contribution in [1.29, 1.82) is 0 Å². The molecule has 1 aromatic heterocycles. The molecule has 0 unspecified atom stereocenters. The SMILES string of the molecule is CCCCCCCCOC(=O)C1=C(C)Nc2ncnn2[C@H]1c1ccccc1OC. The molecule has 7 nitrogen and oxygen atoms in total. The lowest BCUT2D eigenvalue weighted by Crippen LogP contribution is -2.30. The van der Waals surface area contributed by atoms with Crippen LogP contribution in [0.5, 0.6) is 5.75 Å².